The number of rotatable bonds is 6. The van der Waals surface area contributed by atoms with Gasteiger partial charge in [-0.25, -0.2) is 0 Å². The minimum atomic E-state index is -0.327. The summed E-state index contributed by atoms with van der Waals surface area (Å²) in [5.41, 5.74) is 3.17. The minimum absolute atomic E-state index is 0.0810. The SMILES string of the molecule is Cc1cccc(-c2noc([C@H](Cc3ccccc3)NC(=O)C3CCC3)n2)c1. The van der Waals surface area contributed by atoms with E-state index in [1.807, 2.05) is 61.5 Å². The van der Waals surface area contributed by atoms with Gasteiger partial charge < -0.3 is 9.84 Å². The number of benzene rings is 2. The maximum Gasteiger partial charge on any atom is 0.249 e. The normalized spacial score (nSPS) is 15.1. The van der Waals surface area contributed by atoms with Crippen LogP contribution < -0.4 is 5.32 Å². The van der Waals surface area contributed by atoms with Gasteiger partial charge in [0.05, 0.1) is 0 Å². The van der Waals surface area contributed by atoms with Crippen LogP contribution in [0.1, 0.15) is 42.3 Å². The number of aromatic nitrogens is 2. The molecule has 3 aromatic rings. The molecule has 1 saturated carbocycles. The van der Waals surface area contributed by atoms with Crippen LogP contribution in [-0.4, -0.2) is 16.0 Å². The van der Waals surface area contributed by atoms with Crippen molar-refractivity contribution in [2.24, 2.45) is 5.92 Å². The second-order valence-corrected chi connectivity index (χ2v) is 7.20. The quantitative estimate of drug-likeness (QED) is 0.713. The Hall–Kier alpha value is -2.95. The molecule has 0 unspecified atom stereocenters. The lowest BCUT2D eigenvalue weighted by Crippen LogP contribution is -2.37. The highest BCUT2D eigenvalue weighted by Crippen LogP contribution is 2.28. The Morgan fingerprint density at radius 2 is 2.00 bits per heavy atom. The van der Waals surface area contributed by atoms with Crippen LogP contribution >= 0.6 is 0 Å². The van der Waals surface area contributed by atoms with E-state index in [1.54, 1.807) is 0 Å². The van der Waals surface area contributed by atoms with E-state index in [2.05, 4.69) is 15.5 Å². The molecule has 0 aliphatic heterocycles. The number of hydrogen-bond acceptors (Lipinski definition) is 4. The van der Waals surface area contributed by atoms with Crippen molar-refractivity contribution in [1.82, 2.24) is 15.5 Å². The Kier molecular flexibility index (Phi) is 5.01. The van der Waals surface area contributed by atoms with Crippen molar-refractivity contribution < 1.29 is 9.32 Å². The first-order valence-corrected chi connectivity index (χ1v) is 9.44. The van der Waals surface area contributed by atoms with Gasteiger partial charge in [-0.15, -0.1) is 0 Å². The molecule has 0 bridgehead atoms. The highest BCUT2D eigenvalue weighted by atomic mass is 16.5. The molecule has 2 aromatic carbocycles. The van der Waals surface area contributed by atoms with Gasteiger partial charge in [-0.1, -0.05) is 65.7 Å². The number of hydrogen-bond donors (Lipinski definition) is 1. The van der Waals surface area contributed by atoms with Gasteiger partial charge in [0.25, 0.3) is 0 Å². The zero-order chi connectivity index (χ0) is 18.6. The molecule has 0 spiro atoms. The predicted molar refractivity (Wildman–Crippen MR) is 103 cm³/mol. The van der Waals surface area contributed by atoms with Crippen LogP contribution in [0.25, 0.3) is 11.4 Å². The van der Waals surface area contributed by atoms with Gasteiger partial charge in [0, 0.05) is 17.9 Å². The van der Waals surface area contributed by atoms with Crippen molar-refractivity contribution in [3.8, 4) is 11.4 Å². The second-order valence-electron chi connectivity index (χ2n) is 7.20. The van der Waals surface area contributed by atoms with E-state index in [0.717, 1.165) is 36.0 Å². The number of carbonyl (C=O) groups excluding carboxylic acids is 1. The Morgan fingerprint density at radius 3 is 2.70 bits per heavy atom. The zero-order valence-corrected chi connectivity index (χ0v) is 15.4. The first-order valence-electron chi connectivity index (χ1n) is 9.44. The van der Waals surface area contributed by atoms with Crippen LogP contribution in [0.3, 0.4) is 0 Å². The Morgan fingerprint density at radius 1 is 1.19 bits per heavy atom. The van der Waals surface area contributed by atoms with Crippen molar-refractivity contribution in [1.29, 1.82) is 0 Å². The van der Waals surface area contributed by atoms with Crippen molar-refractivity contribution in [3.63, 3.8) is 0 Å². The van der Waals surface area contributed by atoms with E-state index in [4.69, 9.17) is 4.52 Å². The molecule has 4 rings (SSSR count). The number of amides is 1. The average Bonchev–Trinajstić information content (AvgIpc) is 3.11. The van der Waals surface area contributed by atoms with Gasteiger partial charge in [-0.2, -0.15) is 4.98 Å². The van der Waals surface area contributed by atoms with E-state index < -0.39 is 0 Å². The van der Waals surface area contributed by atoms with E-state index in [1.165, 1.54) is 0 Å². The van der Waals surface area contributed by atoms with Crippen molar-refractivity contribution in [2.75, 3.05) is 0 Å². The predicted octanol–water partition coefficient (Wildman–Crippen LogP) is 4.25. The molecule has 0 saturated heterocycles. The molecule has 1 aromatic heterocycles. The summed E-state index contributed by atoms with van der Waals surface area (Å²) in [6.45, 7) is 2.03. The van der Waals surface area contributed by atoms with Crippen LogP contribution in [0.15, 0.2) is 59.1 Å². The lowest BCUT2D eigenvalue weighted by atomic mass is 9.84. The third-order valence-electron chi connectivity index (χ3n) is 5.09. The lowest BCUT2D eigenvalue weighted by Gasteiger charge is -2.26. The molecule has 1 amide bonds. The van der Waals surface area contributed by atoms with Crippen molar-refractivity contribution in [2.45, 2.75) is 38.6 Å². The fourth-order valence-corrected chi connectivity index (χ4v) is 3.29. The second kappa shape index (κ2) is 7.74. The minimum Gasteiger partial charge on any atom is -0.344 e. The van der Waals surface area contributed by atoms with Gasteiger partial charge in [0.15, 0.2) is 0 Å². The number of carbonyl (C=O) groups is 1. The molecule has 5 nitrogen and oxygen atoms in total. The van der Waals surface area contributed by atoms with E-state index in [9.17, 15) is 4.79 Å². The fourth-order valence-electron chi connectivity index (χ4n) is 3.29. The molecular formula is C22H23N3O2. The molecule has 0 radical (unpaired) electrons. The summed E-state index contributed by atoms with van der Waals surface area (Å²) in [4.78, 5) is 17.1. The number of nitrogens with zero attached hydrogens (tertiary/aromatic N) is 2. The Balaban J connectivity index is 1.58. The highest BCUT2D eigenvalue weighted by Gasteiger charge is 2.29. The van der Waals surface area contributed by atoms with E-state index >= 15 is 0 Å². The molecule has 1 N–H and O–H groups in total. The Labute approximate surface area is 158 Å². The van der Waals surface area contributed by atoms with Crippen molar-refractivity contribution >= 4 is 5.91 Å². The molecule has 5 heteroatoms. The maximum absolute atomic E-state index is 12.5. The number of nitrogens with one attached hydrogen (secondary N) is 1. The summed E-state index contributed by atoms with van der Waals surface area (Å²) in [6.07, 6.45) is 3.67. The summed E-state index contributed by atoms with van der Waals surface area (Å²) in [7, 11) is 0. The molecule has 138 valence electrons. The standard InChI is InChI=1S/C22H23N3O2/c1-15-7-5-12-18(13-15)20-24-22(27-25-20)19(14-16-8-3-2-4-9-16)23-21(26)17-10-6-11-17/h2-5,7-9,12-13,17,19H,6,10-11,14H2,1H3,(H,23,26)/t19-/m0/s1. The summed E-state index contributed by atoms with van der Waals surface area (Å²) < 4.78 is 5.55. The van der Waals surface area contributed by atoms with Gasteiger partial charge in [-0.05, 0) is 31.4 Å². The first kappa shape index (κ1) is 17.5. The van der Waals surface area contributed by atoms with Crippen molar-refractivity contribution in [3.05, 3.63) is 71.6 Å². The van der Waals surface area contributed by atoms with Crippen LogP contribution in [0.5, 0.6) is 0 Å². The smallest absolute Gasteiger partial charge is 0.249 e. The highest BCUT2D eigenvalue weighted by molar-refractivity contribution is 5.79. The van der Waals surface area contributed by atoms with Crippen LogP contribution in [0, 0.1) is 12.8 Å². The van der Waals surface area contributed by atoms with Crippen LogP contribution in [0.4, 0.5) is 0 Å². The average molecular weight is 361 g/mol. The monoisotopic (exact) mass is 361 g/mol. The molecule has 1 aliphatic rings. The molecule has 1 aliphatic carbocycles. The molecule has 27 heavy (non-hydrogen) atoms. The molecule has 1 heterocycles. The summed E-state index contributed by atoms with van der Waals surface area (Å²) in [5.74, 6) is 1.19. The summed E-state index contributed by atoms with van der Waals surface area (Å²) in [6, 6.07) is 17.7. The largest absolute Gasteiger partial charge is 0.344 e. The van der Waals surface area contributed by atoms with E-state index in [-0.39, 0.29) is 17.9 Å². The van der Waals surface area contributed by atoms with Gasteiger partial charge in [0.1, 0.15) is 6.04 Å². The third-order valence-corrected chi connectivity index (χ3v) is 5.09. The third kappa shape index (κ3) is 4.08. The van der Waals surface area contributed by atoms with Gasteiger partial charge in [-0.3, -0.25) is 4.79 Å². The maximum atomic E-state index is 12.5. The zero-order valence-electron chi connectivity index (χ0n) is 15.4. The molecular weight excluding hydrogens is 338 g/mol. The van der Waals surface area contributed by atoms with Crippen LogP contribution in [0.2, 0.25) is 0 Å². The van der Waals surface area contributed by atoms with E-state index in [0.29, 0.717) is 18.1 Å². The Bertz CT molecular complexity index is 916. The van der Waals surface area contributed by atoms with Crippen LogP contribution in [-0.2, 0) is 11.2 Å². The fraction of sp³-hybridized carbons (Fsp3) is 0.318. The number of aryl methyl sites for hydroxylation is 1. The van der Waals surface area contributed by atoms with Gasteiger partial charge >= 0.3 is 0 Å². The van der Waals surface area contributed by atoms with Gasteiger partial charge in [0.2, 0.25) is 17.6 Å². The topological polar surface area (TPSA) is 68.0 Å². The lowest BCUT2D eigenvalue weighted by molar-refractivity contribution is -0.128. The summed E-state index contributed by atoms with van der Waals surface area (Å²) in [5, 5.41) is 7.26. The molecule has 1 atom stereocenters. The summed E-state index contributed by atoms with van der Waals surface area (Å²) >= 11 is 0. The first-order chi connectivity index (χ1) is 13.2. The molecule has 1 fully saturated rings.